The molecular formula is C14H16BrNO3. The molecular weight excluding hydrogens is 310 g/mol. The highest BCUT2D eigenvalue weighted by Crippen LogP contribution is 2.25. The van der Waals surface area contributed by atoms with Crippen LogP contribution in [-0.4, -0.2) is 35.0 Å². The summed E-state index contributed by atoms with van der Waals surface area (Å²) in [5, 5.41) is 8.90. The number of carboxylic acid groups (broad SMARTS) is 1. The summed E-state index contributed by atoms with van der Waals surface area (Å²) in [5.74, 6) is -1.02. The Labute approximate surface area is 120 Å². The van der Waals surface area contributed by atoms with Gasteiger partial charge in [0.1, 0.15) is 0 Å². The van der Waals surface area contributed by atoms with Crippen LogP contribution in [0.4, 0.5) is 0 Å². The molecule has 0 radical (unpaired) electrons. The van der Waals surface area contributed by atoms with Crippen LogP contribution in [0.5, 0.6) is 0 Å². The number of carboxylic acids is 1. The van der Waals surface area contributed by atoms with Gasteiger partial charge in [-0.25, -0.2) is 0 Å². The van der Waals surface area contributed by atoms with Gasteiger partial charge in [-0.1, -0.05) is 35.0 Å². The lowest BCUT2D eigenvalue weighted by Gasteiger charge is -2.41. The van der Waals surface area contributed by atoms with Gasteiger partial charge in [-0.05, 0) is 17.7 Å². The molecule has 1 aromatic rings. The molecule has 1 amide bonds. The molecule has 0 saturated carbocycles. The fraction of sp³-hybridized carbons (Fsp3) is 0.429. The van der Waals surface area contributed by atoms with Crippen molar-refractivity contribution in [3.8, 4) is 0 Å². The Morgan fingerprint density at radius 1 is 1.47 bits per heavy atom. The maximum absolute atomic E-state index is 12.0. The number of halogens is 1. The van der Waals surface area contributed by atoms with Crippen LogP contribution in [0.15, 0.2) is 28.7 Å². The Hall–Kier alpha value is -1.36. The summed E-state index contributed by atoms with van der Waals surface area (Å²) in [4.78, 5) is 24.6. The molecule has 0 bridgehead atoms. The smallest absolute Gasteiger partial charge is 0.306 e. The molecule has 0 aromatic heterocycles. The van der Waals surface area contributed by atoms with E-state index in [1.165, 1.54) is 0 Å². The Morgan fingerprint density at radius 2 is 2.16 bits per heavy atom. The van der Waals surface area contributed by atoms with Gasteiger partial charge in [0, 0.05) is 23.5 Å². The molecule has 1 N–H and O–H groups in total. The van der Waals surface area contributed by atoms with Crippen LogP contribution in [-0.2, 0) is 16.0 Å². The maximum Gasteiger partial charge on any atom is 0.306 e. The first-order valence-corrected chi connectivity index (χ1v) is 7.01. The van der Waals surface area contributed by atoms with E-state index in [-0.39, 0.29) is 17.7 Å². The van der Waals surface area contributed by atoms with Crippen molar-refractivity contribution in [3.05, 3.63) is 34.3 Å². The van der Waals surface area contributed by atoms with Gasteiger partial charge in [0.25, 0.3) is 0 Å². The first kappa shape index (κ1) is 14.1. The molecule has 1 heterocycles. The van der Waals surface area contributed by atoms with E-state index in [1.54, 1.807) is 11.8 Å². The molecule has 1 atom stereocenters. The predicted molar refractivity (Wildman–Crippen MR) is 74.7 cm³/mol. The second-order valence-electron chi connectivity index (χ2n) is 4.99. The van der Waals surface area contributed by atoms with Crippen LogP contribution < -0.4 is 0 Å². The number of amides is 1. The molecule has 0 aliphatic carbocycles. The standard InChI is InChI=1S/C14H16BrNO3/c1-9(14(18)19)11-7-16(8-11)13(17)6-10-3-2-4-12(15)5-10/h2-5,9,11H,6-8H2,1H3,(H,18,19). The number of nitrogens with zero attached hydrogens (tertiary/aromatic N) is 1. The summed E-state index contributed by atoms with van der Waals surface area (Å²) in [6, 6.07) is 7.66. The van der Waals surface area contributed by atoms with Crippen molar-refractivity contribution in [1.82, 2.24) is 4.90 Å². The molecule has 19 heavy (non-hydrogen) atoms. The highest BCUT2D eigenvalue weighted by atomic mass is 79.9. The maximum atomic E-state index is 12.0. The third-order valence-corrected chi connectivity index (χ3v) is 4.10. The second-order valence-corrected chi connectivity index (χ2v) is 5.91. The third-order valence-electron chi connectivity index (χ3n) is 3.60. The van der Waals surface area contributed by atoms with Crippen molar-refractivity contribution in [3.63, 3.8) is 0 Å². The van der Waals surface area contributed by atoms with Crippen molar-refractivity contribution in [2.45, 2.75) is 13.3 Å². The summed E-state index contributed by atoms with van der Waals surface area (Å²) >= 11 is 3.37. The van der Waals surface area contributed by atoms with E-state index in [2.05, 4.69) is 15.9 Å². The van der Waals surface area contributed by atoms with Crippen LogP contribution >= 0.6 is 15.9 Å². The zero-order valence-electron chi connectivity index (χ0n) is 10.7. The molecule has 2 rings (SSSR count). The molecule has 5 heteroatoms. The zero-order chi connectivity index (χ0) is 14.0. The monoisotopic (exact) mass is 325 g/mol. The normalized spacial score (nSPS) is 16.8. The molecule has 1 fully saturated rings. The Balaban J connectivity index is 1.85. The summed E-state index contributed by atoms with van der Waals surface area (Å²) in [7, 11) is 0. The van der Waals surface area contributed by atoms with Crippen LogP contribution in [0.1, 0.15) is 12.5 Å². The minimum atomic E-state index is -0.788. The van der Waals surface area contributed by atoms with Gasteiger partial charge in [0.2, 0.25) is 5.91 Å². The summed E-state index contributed by atoms with van der Waals surface area (Å²) < 4.78 is 0.957. The number of hydrogen-bond acceptors (Lipinski definition) is 2. The average Bonchev–Trinajstić information content (AvgIpc) is 2.26. The Kier molecular flexibility index (Phi) is 4.24. The number of hydrogen-bond donors (Lipinski definition) is 1. The van der Waals surface area contributed by atoms with E-state index >= 15 is 0 Å². The van der Waals surface area contributed by atoms with E-state index in [4.69, 9.17) is 5.11 Å². The minimum absolute atomic E-state index is 0.0620. The van der Waals surface area contributed by atoms with Crippen LogP contribution in [0.3, 0.4) is 0 Å². The molecule has 1 saturated heterocycles. The number of aliphatic carboxylic acids is 1. The lowest BCUT2D eigenvalue weighted by atomic mass is 9.87. The van der Waals surface area contributed by atoms with Gasteiger partial charge in [-0.2, -0.15) is 0 Å². The van der Waals surface area contributed by atoms with Crippen LogP contribution in [0, 0.1) is 11.8 Å². The SMILES string of the molecule is CC(C(=O)O)C1CN(C(=O)Cc2cccc(Br)c2)C1. The summed E-state index contributed by atoms with van der Waals surface area (Å²) in [6.45, 7) is 2.81. The summed E-state index contributed by atoms with van der Waals surface area (Å²) in [5.41, 5.74) is 0.967. The topological polar surface area (TPSA) is 57.6 Å². The van der Waals surface area contributed by atoms with E-state index in [0.717, 1.165) is 10.0 Å². The molecule has 0 spiro atoms. The molecule has 1 aliphatic heterocycles. The molecule has 1 aliphatic rings. The third kappa shape index (κ3) is 3.35. The lowest BCUT2D eigenvalue weighted by molar-refractivity contribution is -0.150. The molecule has 4 nitrogen and oxygen atoms in total. The number of carbonyl (C=O) groups is 2. The van der Waals surface area contributed by atoms with E-state index < -0.39 is 5.97 Å². The van der Waals surface area contributed by atoms with Crippen molar-refractivity contribution in [1.29, 1.82) is 0 Å². The van der Waals surface area contributed by atoms with Gasteiger partial charge in [-0.15, -0.1) is 0 Å². The van der Waals surface area contributed by atoms with Crippen LogP contribution in [0.25, 0.3) is 0 Å². The van der Waals surface area contributed by atoms with Crippen LogP contribution in [0.2, 0.25) is 0 Å². The number of rotatable bonds is 4. The fourth-order valence-electron chi connectivity index (χ4n) is 2.17. The highest BCUT2D eigenvalue weighted by molar-refractivity contribution is 9.10. The van der Waals surface area contributed by atoms with E-state index in [9.17, 15) is 9.59 Å². The van der Waals surface area contributed by atoms with E-state index in [0.29, 0.717) is 19.5 Å². The molecule has 102 valence electrons. The van der Waals surface area contributed by atoms with E-state index in [1.807, 2.05) is 24.3 Å². The van der Waals surface area contributed by atoms with Crippen molar-refractivity contribution >= 4 is 27.8 Å². The summed E-state index contributed by atoms with van der Waals surface area (Å²) in [6.07, 6.45) is 0.369. The van der Waals surface area contributed by atoms with Crippen molar-refractivity contribution in [2.75, 3.05) is 13.1 Å². The minimum Gasteiger partial charge on any atom is -0.481 e. The van der Waals surface area contributed by atoms with Gasteiger partial charge in [0.15, 0.2) is 0 Å². The fourth-order valence-corrected chi connectivity index (χ4v) is 2.61. The Morgan fingerprint density at radius 3 is 2.74 bits per heavy atom. The van der Waals surface area contributed by atoms with Gasteiger partial charge < -0.3 is 10.0 Å². The average molecular weight is 326 g/mol. The number of carbonyl (C=O) groups excluding carboxylic acids is 1. The first-order valence-electron chi connectivity index (χ1n) is 6.22. The van der Waals surface area contributed by atoms with Gasteiger partial charge in [0.05, 0.1) is 12.3 Å². The number of benzene rings is 1. The predicted octanol–water partition coefficient (Wildman–Crippen LogP) is 2.17. The molecule has 1 unspecified atom stereocenters. The highest BCUT2D eigenvalue weighted by Gasteiger charge is 2.36. The quantitative estimate of drug-likeness (QED) is 0.923. The largest absolute Gasteiger partial charge is 0.481 e. The number of likely N-dealkylation sites (tertiary alicyclic amines) is 1. The first-order chi connectivity index (χ1) is 8.97. The lowest BCUT2D eigenvalue weighted by Crippen LogP contribution is -2.53. The second kappa shape index (κ2) is 5.74. The Bertz CT molecular complexity index is 497. The zero-order valence-corrected chi connectivity index (χ0v) is 12.3. The molecule has 1 aromatic carbocycles. The van der Waals surface area contributed by atoms with Gasteiger partial charge in [-0.3, -0.25) is 9.59 Å². The van der Waals surface area contributed by atoms with Crippen molar-refractivity contribution in [2.24, 2.45) is 11.8 Å². The van der Waals surface area contributed by atoms with Crippen molar-refractivity contribution < 1.29 is 14.7 Å². The van der Waals surface area contributed by atoms with Gasteiger partial charge >= 0.3 is 5.97 Å².